The van der Waals surface area contributed by atoms with E-state index in [-0.39, 0.29) is 111 Å². The molecule has 60 heteroatoms. The Morgan fingerprint density at radius 3 is 0.543 bits per heavy atom. The molecule has 0 unspecified atom stereocenters. The maximum atomic E-state index is 15.1. The van der Waals surface area contributed by atoms with Gasteiger partial charge < -0.3 is 0 Å². The van der Waals surface area contributed by atoms with Crippen molar-refractivity contribution < 1.29 is 228 Å². The first-order valence-electron chi connectivity index (χ1n) is 38.6. The van der Waals surface area contributed by atoms with E-state index in [9.17, 15) is 193 Å². The summed E-state index contributed by atoms with van der Waals surface area (Å²) in [6.45, 7) is 11.9. The molecule has 0 saturated carbocycles. The van der Waals surface area contributed by atoms with Crippen LogP contribution < -0.4 is 0 Å². The van der Waals surface area contributed by atoms with Crippen LogP contribution in [0.3, 0.4) is 0 Å². The molecule has 0 bridgehead atoms. The van der Waals surface area contributed by atoms with Crippen molar-refractivity contribution in [3.63, 3.8) is 0 Å². The third-order valence-electron chi connectivity index (χ3n) is 23.5. The maximum Gasteiger partial charge on any atom is 0.460 e. The lowest BCUT2D eigenvalue weighted by molar-refractivity contribution is -0.440. The van der Waals surface area contributed by atoms with Gasteiger partial charge in [-0.05, 0) is 24.1 Å². The topological polar surface area (TPSA) is 0 Å². The van der Waals surface area contributed by atoms with Crippen molar-refractivity contribution in [3.05, 3.63) is 34.3 Å². The summed E-state index contributed by atoms with van der Waals surface area (Å²) in [5, 5.41) is 0. The molecule has 0 aliphatic rings. The van der Waals surface area contributed by atoms with Gasteiger partial charge in [0, 0.05) is 71.2 Å². The molecule has 0 saturated heterocycles. The molecule has 1 aromatic carbocycles. The molecule has 1 aromatic rings. The van der Waals surface area contributed by atoms with E-state index in [4.69, 9.17) is 0 Å². The zero-order valence-electron chi connectivity index (χ0n) is 69.3. The minimum atomic E-state index is -8.24. The first-order valence-corrected chi connectivity index (χ1v) is 61.4. The van der Waals surface area contributed by atoms with Gasteiger partial charge in [0.15, 0.2) is 0 Å². The number of halogens is 53. The molecule has 0 fully saturated rings. The highest BCUT2D eigenvalue weighted by atomic mass is 79.9. The van der Waals surface area contributed by atoms with Crippen LogP contribution >= 0.6 is 15.9 Å². The number of benzene rings is 1. The average Bonchev–Trinajstić information content (AvgIpc) is 0.724. The molecule has 0 aliphatic carbocycles. The second kappa shape index (κ2) is 40.4. The van der Waals surface area contributed by atoms with E-state index in [1.807, 2.05) is 0 Å². The fourth-order valence-corrected chi connectivity index (χ4v) is 36.5. The number of hydrogen-bond acceptors (Lipinski definition) is 0. The molecular formula is C69H92BrF52Si7. The molecule has 0 N–H and O–H groups in total. The van der Waals surface area contributed by atoms with Gasteiger partial charge in [0.25, 0.3) is 0 Å². The molecule has 0 aromatic heterocycles. The average molecular weight is 2190 g/mol. The Balaban J connectivity index is 4.12. The van der Waals surface area contributed by atoms with Crippen LogP contribution in [0.15, 0.2) is 28.7 Å². The summed E-state index contributed by atoms with van der Waals surface area (Å²) >= 11 is 3.24. The number of rotatable bonds is 56. The van der Waals surface area contributed by atoms with Crippen molar-refractivity contribution in [1.82, 2.24) is 0 Å². The summed E-state index contributed by atoms with van der Waals surface area (Å²) in [6, 6.07) is 0.469. The molecule has 0 aliphatic heterocycles. The quantitative estimate of drug-likeness (QED) is 0.0450. The number of aryl methyl sites for hydroxylation is 1. The van der Waals surface area contributed by atoms with Gasteiger partial charge in [-0.1, -0.05) is 241 Å². The van der Waals surface area contributed by atoms with Crippen LogP contribution in [0.5, 0.6) is 0 Å². The highest BCUT2D eigenvalue weighted by Crippen LogP contribution is 2.67. The summed E-state index contributed by atoms with van der Waals surface area (Å²) in [5.41, 5.74) is 0.713. The van der Waals surface area contributed by atoms with Crippen LogP contribution in [0.25, 0.3) is 0 Å². The van der Waals surface area contributed by atoms with Gasteiger partial charge in [0.1, 0.15) is 0 Å². The van der Waals surface area contributed by atoms with E-state index in [0.29, 0.717) is 28.9 Å². The Morgan fingerprint density at radius 2 is 0.364 bits per heavy atom. The normalized spacial score (nSPS) is 16.1. The van der Waals surface area contributed by atoms with Crippen LogP contribution in [0.4, 0.5) is 228 Å². The molecule has 0 atom stereocenters. The highest BCUT2D eigenvalue weighted by Gasteiger charge is 2.95. The fraction of sp³-hybridized carbons (Fsp3) is 0.913. The molecular weight excluding hydrogens is 2090 g/mol. The molecule has 1 radical (unpaired) electrons. The fourth-order valence-electron chi connectivity index (χ4n) is 14.1. The van der Waals surface area contributed by atoms with E-state index in [2.05, 4.69) is 15.9 Å². The molecule has 0 heterocycles. The SMILES string of the molecule is C[Si](C)(CCC[Si](C)(CCC[Si](CCCc1ccc(Br)cc1)CCC[Si](C)(CCC[Si](C)(C)CCC(F)(F)C(F)(F)C(F)(F)C(F)(F)C(F)(F)C(F)(F)F)CCC[Si](C)(C)CCC(F)(F)C(F)(F)C(F)(F)C(F)(F)C(F)(F)C(F)(F)F)CCC[Si](C)(C)CCC(F)(F)C(F)(F)C(F)(F)C(F)(F)C(F)(F)C(F)(F)F)CCC(F)(F)C(F)(F)C(F)(F)C(F)(F)C(F)(F)C(F)(F)F. The molecule has 767 valence electrons. The van der Waals surface area contributed by atoms with Gasteiger partial charge in [0.05, 0.1) is 16.1 Å². The Morgan fingerprint density at radius 1 is 0.202 bits per heavy atom. The lowest BCUT2D eigenvalue weighted by Crippen LogP contribution is -2.70. The maximum absolute atomic E-state index is 15.1. The van der Waals surface area contributed by atoms with Crippen molar-refractivity contribution in [2.45, 2.75) is 388 Å². The largest absolute Gasteiger partial charge is 0.460 e. The van der Waals surface area contributed by atoms with E-state index in [1.165, 1.54) is 0 Å². The van der Waals surface area contributed by atoms with Crippen LogP contribution in [0.2, 0.25) is 168 Å². The number of hydrogen-bond donors (Lipinski definition) is 0. The summed E-state index contributed by atoms with van der Waals surface area (Å²) < 4.78 is 731. The summed E-state index contributed by atoms with van der Waals surface area (Å²) in [6.07, 6.45) is -41.3. The Hall–Kier alpha value is -2.42. The molecule has 129 heavy (non-hydrogen) atoms. The predicted octanol–water partition coefficient (Wildman–Crippen LogP) is 34.7. The summed E-state index contributed by atoms with van der Waals surface area (Å²) in [4.78, 5) is 0. The third-order valence-corrected chi connectivity index (χ3v) is 49.8. The van der Waals surface area contributed by atoms with Crippen molar-refractivity contribution in [1.29, 1.82) is 0 Å². The van der Waals surface area contributed by atoms with E-state index >= 15 is 35.1 Å². The van der Waals surface area contributed by atoms with Crippen LogP contribution in [-0.4, -0.2) is 200 Å². The molecule has 0 amide bonds. The summed E-state index contributed by atoms with van der Waals surface area (Å²) in [7, 11) is -23.2. The third kappa shape index (κ3) is 26.8. The van der Waals surface area contributed by atoms with Crippen molar-refractivity contribution in [3.8, 4) is 0 Å². The zero-order chi connectivity index (χ0) is 103. The van der Waals surface area contributed by atoms with Gasteiger partial charge in [-0.2, -0.15) is 228 Å². The van der Waals surface area contributed by atoms with Crippen LogP contribution in [0, 0.1) is 0 Å². The predicted molar refractivity (Wildman–Crippen MR) is 392 cm³/mol. The van der Waals surface area contributed by atoms with Gasteiger partial charge in [-0.25, -0.2) is 0 Å². The second-order valence-corrected chi connectivity index (χ2v) is 72.1. The summed E-state index contributed by atoms with van der Waals surface area (Å²) in [5.74, 6) is -154. The highest BCUT2D eigenvalue weighted by molar-refractivity contribution is 9.10. The van der Waals surface area contributed by atoms with E-state index < -0.39 is 250 Å². The van der Waals surface area contributed by atoms with Gasteiger partial charge in [0.2, 0.25) is 0 Å². The Bertz CT molecular complexity index is 3270. The van der Waals surface area contributed by atoms with E-state index in [1.54, 1.807) is 37.4 Å². The second-order valence-electron chi connectivity index (χ2n) is 36.6. The first-order chi connectivity index (χ1) is 56.2. The Kier molecular flexibility index (Phi) is 39.0. The lowest BCUT2D eigenvalue weighted by atomic mass is 9.93. The number of alkyl halides is 52. The van der Waals surface area contributed by atoms with Gasteiger partial charge in [-0.15, -0.1) is 0 Å². The first kappa shape index (κ1) is 125. The van der Waals surface area contributed by atoms with Crippen LogP contribution in [-0.2, 0) is 6.42 Å². The minimum Gasteiger partial charge on any atom is -0.200 e. The van der Waals surface area contributed by atoms with Crippen molar-refractivity contribution >= 4 is 73.2 Å². The monoisotopic (exact) mass is 2180 g/mol. The zero-order valence-corrected chi connectivity index (χ0v) is 77.9. The van der Waals surface area contributed by atoms with Gasteiger partial charge >= 0.3 is 143 Å². The van der Waals surface area contributed by atoms with E-state index in [0.717, 1.165) is 52.4 Å². The molecule has 0 spiro atoms. The molecule has 1 rings (SSSR count). The lowest BCUT2D eigenvalue weighted by Gasteiger charge is -2.40. The standard InChI is InChI=1S/C69H92BrF52Si7/c1-124(2,40-23-46(71,72)50(79,80)54(87,88)58(95,96)62(103,104)66(111,112)113)30-14-36-128(9,37-15-31-125(3,4)41-24-47(73,74)51(81,82)55(89,90)59(97,98)63(105,106)67(114,115)116)34-12-28-123(27-11-18-44-19-21-45(70)22-20-44)29-13-35-129(10,38-16-32-126(5,6)42-25-48(75,76)52(83,84)56(91,92)60(99,100)64(107,108)68(117,118)119)39-17-33-127(7,8)43-26-49(77,78)53(85,86)57(93,94)61(101,102)65(109,110)69(120,121)122/h19-22H,11-18,23-43H2,1-10H3. The van der Waals surface area contributed by atoms with Gasteiger partial charge in [-0.3, -0.25) is 0 Å². The minimum absolute atomic E-state index is 0.0763. The van der Waals surface area contributed by atoms with Crippen molar-refractivity contribution in [2.75, 3.05) is 0 Å². The smallest absolute Gasteiger partial charge is 0.200 e. The van der Waals surface area contributed by atoms with Crippen molar-refractivity contribution in [2.24, 2.45) is 0 Å². The van der Waals surface area contributed by atoms with Crippen LogP contribution in [0.1, 0.15) is 76.2 Å². The molecule has 0 nitrogen and oxygen atoms in total. The Labute approximate surface area is 721 Å².